The highest BCUT2D eigenvalue weighted by Gasteiger charge is 2.40. The molecule has 2 aliphatic rings. The lowest BCUT2D eigenvalue weighted by atomic mass is 10.0. The number of piperidine rings is 1. The van der Waals surface area contributed by atoms with Crippen molar-refractivity contribution < 1.29 is 9.47 Å². The highest BCUT2D eigenvalue weighted by Crippen LogP contribution is 2.32. The van der Waals surface area contributed by atoms with Crippen LogP contribution in [0, 0.1) is 0 Å². The van der Waals surface area contributed by atoms with Gasteiger partial charge < -0.3 is 24.6 Å². The van der Waals surface area contributed by atoms with E-state index in [1.165, 1.54) is 0 Å². The number of ether oxygens (including phenoxy) is 2. The fraction of sp³-hybridized carbons (Fsp3) is 0.500. The molecule has 2 aromatic rings. The normalized spacial score (nSPS) is 18.9. The molecule has 1 spiro atoms. The first kappa shape index (κ1) is 17.0. The van der Waals surface area contributed by atoms with E-state index in [9.17, 15) is 0 Å². The number of anilines is 4. The zero-order valence-corrected chi connectivity index (χ0v) is 15.2. The molecule has 8 heteroatoms. The van der Waals surface area contributed by atoms with Gasteiger partial charge in [-0.15, -0.1) is 5.10 Å². The van der Waals surface area contributed by atoms with Crippen LogP contribution in [0.1, 0.15) is 12.8 Å². The van der Waals surface area contributed by atoms with Gasteiger partial charge >= 0.3 is 0 Å². The van der Waals surface area contributed by atoms with Gasteiger partial charge in [0.15, 0.2) is 11.6 Å². The van der Waals surface area contributed by atoms with Gasteiger partial charge in [-0.1, -0.05) is 0 Å². The minimum atomic E-state index is -0.395. The van der Waals surface area contributed by atoms with E-state index >= 15 is 0 Å². The van der Waals surface area contributed by atoms with E-state index in [1.807, 2.05) is 26.2 Å². The van der Waals surface area contributed by atoms with Crippen molar-refractivity contribution in [2.45, 2.75) is 18.6 Å². The molecule has 0 bridgehead atoms. The fourth-order valence-corrected chi connectivity index (χ4v) is 3.31. The van der Waals surface area contributed by atoms with Gasteiger partial charge in [-0.25, -0.2) is 0 Å². The van der Waals surface area contributed by atoms with Gasteiger partial charge in [-0.05, 0) is 24.3 Å². The van der Waals surface area contributed by atoms with Gasteiger partial charge in [0.2, 0.25) is 5.95 Å². The Morgan fingerprint density at radius 1 is 1.08 bits per heavy atom. The topological polar surface area (TPSA) is 75.6 Å². The molecule has 0 amide bonds. The molecule has 26 heavy (non-hydrogen) atoms. The maximum atomic E-state index is 5.77. The number of hydrogen-bond acceptors (Lipinski definition) is 8. The summed E-state index contributed by atoms with van der Waals surface area (Å²) in [6.07, 6.45) is 3.28. The molecule has 2 saturated heterocycles. The average molecular weight is 356 g/mol. The highest BCUT2D eigenvalue weighted by atomic mass is 16.7. The Balaban J connectivity index is 1.42. The van der Waals surface area contributed by atoms with Gasteiger partial charge in [-0.2, -0.15) is 10.1 Å². The minimum absolute atomic E-state index is 0.395. The third kappa shape index (κ3) is 3.56. The van der Waals surface area contributed by atoms with E-state index in [2.05, 4.69) is 42.4 Å². The van der Waals surface area contributed by atoms with Crippen molar-refractivity contribution in [2.24, 2.45) is 0 Å². The van der Waals surface area contributed by atoms with Crippen LogP contribution < -0.4 is 15.1 Å². The third-order valence-corrected chi connectivity index (χ3v) is 4.83. The molecule has 0 aliphatic carbocycles. The lowest BCUT2D eigenvalue weighted by Gasteiger charge is -2.37. The zero-order valence-electron chi connectivity index (χ0n) is 15.2. The van der Waals surface area contributed by atoms with E-state index in [0.29, 0.717) is 25.0 Å². The molecule has 8 nitrogen and oxygen atoms in total. The van der Waals surface area contributed by atoms with E-state index in [0.717, 1.165) is 37.3 Å². The number of rotatable bonds is 4. The number of nitrogens with one attached hydrogen (secondary N) is 1. The lowest BCUT2D eigenvalue weighted by Crippen LogP contribution is -2.45. The predicted octanol–water partition coefficient (Wildman–Crippen LogP) is 2.02. The van der Waals surface area contributed by atoms with E-state index in [-0.39, 0.29) is 0 Å². The Labute approximate surface area is 153 Å². The fourth-order valence-electron chi connectivity index (χ4n) is 3.31. The molecule has 1 aromatic heterocycles. The van der Waals surface area contributed by atoms with Crippen molar-refractivity contribution in [1.29, 1.82) is 0 Å². The number of aromatic nitrogens is 3. The summed E-state index contributed by atoms with van der Waals surface area (Å²) in [4.78, 5) is 8.81. The first-order valence-electron chi connectivity index (χ1n) is 8.91. The monoisotopic (exact) mass is 356 g/mol. The molecular weight excluding hydrogens is 332 g/mol. The molecule has 4 rings (SSSR count). The Bertz CT molecular complexity index is 736. The molecular formula is C18H24N6O2. The molecule has 0 atom stereocenters. The first-order valence-corrected chi connectivity index (χ1v) is 8.91. The Morgan fingerprint density at radius 2 is 1.77 bits per heavy atom. The molecule has 0 saturated carbocycles. The molecule has 1 N–H and O–H groups in total. The van der Waals surface area contributed by atoms with Gasteiger partial charge in [0.25, 0.3) is 0 Å². The van der Waals surface area contributed by atoms with Crippen LogP contribution in [0.3, 0.4) is 0 Å². The maximum absolute atomic E-state index is 5.77. The van der Waals surface area contributed by atoms with Gasteiger partial charge in [0, 0.05) is 51.4 Å². The average Bonchev–Trinajstić information content (AvgIpc) is 3.11. The van der Waals surface area contributed by atoms with Crippen LogP contribution >= 0.6 is 0 Å². The van der Waals surface area contributed by atoms with Crippen molar-refractivity contribution >= 4 is 23.1 Å². The smallest absolute Gasteiger partial charge is 0.247 e. The predicted molar refractivity (Wildman–Crippen MR) is 100.0 cm³/mol. The second kappa shape index (κ2) is 7.05. The van der Waals surface area contributed by atoms with Gasteiger partial charge in [0.05, 0.1) is 19.4 Å². The van der Waals surface area contributed by atoms with E-state index < -0.39 is 5.79 Å². The summed E-state index contributed by atoms with van der Waals surface area (Å²) in [5.74, 6) is 0.919. The second-order valence-corrected chi connectivity index (χ2v) is 6.80. The van der Waals surface area contributed by atoms with Crippen LogP contribution in [0.2, 0.25) is 0 Å². The summed E-state index contributed by atoms with van der Waals surface area (Å²) < 4.78 is 11.5. The molecule has 0 unspecified atom stereocenters. The number of nitrogens with zero attached hydrogens (tertiary/aromatic N) is 5. The van der Waals surface area contributed by atoms with Crippen LogP contribution in [-0.2, 0) is 9.47 Å². The van der Waals surface area contributed by atoms with Gasteiger partial charge in [0.1, 0.15) is 0 Å². The summed E-state index contributed by atoms with van der Waals surface area (Å²) in [5.41, 5.74) is 2.11. The van der Waals surface area contributed by atoms with E-state index in [4.69, 9.17) is 9.47 Å². The van der Waals surface area contributed by atoms with Crippen molar-refractivity contribution in [3.63, 3.8) is 0 Å². The van der Waals surface area contributed by atoms with Crippen LogP contribution in [0.25, 0.3) is 0 Å². The van der Waals surface area contributed by atoms with Crippen LogP contribution in [0.15, 0.2) is 30.5 Å². The maximum Gasteiger partial charge on any atom is 0.247 e. The summed E-state index contributed by atoms with van der Waals surface area (Å²) in [6, 6.07) is 8.17. The molecule has 0 radical (unpaired) electrons. The number of hydrogen-bond donors (Lipinski definition) is 1. The standard InChI is InChI=1S/C18H24N6O2/c1-23(2)15-5-3-14(4-6-15)20-16-13-19-22-17(21-16)24-9-7-18(8-10-24)25-11-12-26-18/h3-6,13H,7-12H2,1-2H3,(H,20,21,22). The Kier molecular flexibility index (Phi) is 4.60. The molecule has 138 valence electrons. The third-order valence-electron chi connectivity index (χ3n) is 4.83. The minimum Gasteiger partial charge on any atom is -0.378 e. The summed E-state index contributed by atoms with van der Waals surface area (Å²) >= 11 is 0. The number of benzene rings is 1. The quantitative estimate of drug-likeness (QED) is 0.892. The molecule has 3 heterocycles. The summed E-state index contributed by atoms with van der Waals surface area (Å²) in [7, 11) is 4.04. The Morgan fingerprint density at radius 3 is 2.42 bits per heavy atom. The highest BCUT2D eigenvalue weighted by molar-refractivity contribution is 5.60. The SMILES string of the molecule is CN(C)c1ccc(Nc2cnnc(N3CCC4(CC3)OCCO4)n2)cc1. The van der Waals surface area contributed by atoms with E-state index in [1.54, 1.807) is 6.20 Å². The van der Waals surface area contributed by atoms with Crippen molar-refractivity contribution in [2.75, 3.05) is 55.5 Å². The van der Waals surface area contributed by atoms with Crippen molar-refractivity contribution in [1.82, 2.24) is 15.2 Å². The summed E-state index contributed by atoms with van der Waals surface area (Å²) in [5, 5.41) is 11.6. The van der Waals surface area contributed by atoms with Crippen LogP contribution in [-0.4, -0.2) is 61.4 Å². The summed E-state index contributed by atoms with van der Waals surface area (Å²) in [6.45, 7) is 2.96. The first-order chi connectivity index (χ1) is 12.6. The second-order valence-electron chi connectivity index (χ2n) is 6.80. The van der Waals surface area contributed by atoms with Crippen LogP contribution in [0.5, 0.6) is 0 Å². The van der Waals surface area contributed by atoms with Crippen LogP contribution in [0.4, 0.5) is 23.1 Å². The molecule has 2 fully saturated rings. The lowest BCUT2D eigenvalue weighted by molar-refractivity contribution is -0.169. The zero-order chi connectivity index (χ0) is 18.0. The van der Waals surface area contributed by atoms with Crippen molar-refractivity contribution in [3.8, 4) is 0 Å². The Hall–Kier alpha value is -2.45. The molecule has 1 aromatic carbocycles. The van der Waals surface area contributed by atoms with Crippen molar-refractivity contribution in [3.05, 3.63) is 30.5 Å². The molecule has 2 aliphatic heterocycles. The van der Waals surface area contributed by atoms with Gasteiger partial charge in [-0.3, -0.25) is 0 Å². The largest absolute Gasteiger partial charge is 0.378 e.